The first-order chi connectivity index (χ1) is 16.6. The fourth-order valence-electron chi connectivity index (χ4n) is 4.08. The fourth-order valence-corrected chi connectivity index (χ4v) is 5.05. The van der Waals surface area contributed by atoms with Gasteiger partial charge >= 0.3 is 0 Å². The first-order valence-electron chi connectivity index (χ1n) is 11.1. The summed E-state index contributed by atoms with van der Waals surface area (Å²) in [6.45, 7) is 3.82. The van der Waals surface area contributed by atoms with Crippen LogP contribution in [-0.2, 0) is 20.7 Å². The number of carbonyl (C=O) groups is 1. The van der Waals surface area contributed by atoms with Gasteiger partial charge in [-0.3, -0.25) is 9.36 Å². The molecule has 0 spiro atoms. The lowest BCUT2D eigenvalue weighted by Gasteiger charge is -2.25. The summed E-state index contributed by atoms with van der Waals surface area (Å²) in [5.41, 5.74) is 7.02. The van der Waals surface area contributed by atoms with Crippen molar-refractivity contribution < 1.29 is 19.4 Å². The third-order valence-electron chi connectivity index (χ3n) is 5.95. The standard InChI is InChI=1S/C20H27N9O4S/c1-22-18(31)15-12(21)14(30)19(33-15)29-10-27-13-16(25-9-26-17(13)29)23-3-2-11-8-24-20(34-11)28-4-6-32-7-5-28/h8-10,12,14-15,19,30H,2-7,21H2,1H3,(H,22,31)(H,23,25,26). The summed E-state index contributed by atoms with van der Waals surface area (Å²) < 4.78 is 12.7. The van der Waals surface area contributed by atoms with Crippen molar-refractivity contribution in [2.24, 2.45) is 5.73 Å². The number of imidazole rings is 1. The van der Waals surface area contributed by atoms with E-state index < -0.39 is 30.4 Å². The van der Waals surface area contributed by atoms with E-state index in [-0.39, 0.29) is 0 Å². The van der Waals surface area contributed by atoms with E-state index in [2.05, 4.69) is 35.5 Å². The molecule has 5 N–H and O–H groups in total. The number of aliphatic hydroxyl groups excluding tert-OH is 1. The van der Waals surface area contributed by atoms with Crippen LogP contribution in [0.2, 0.25) is 0 Å². The van der Waals surface area contributed by atoms with Crippen LogP contribution < -0.4 is 21.3 Å². The Morgan fingerprint density at radius 2 is 2.12 bits per heavy atom. The van der Waals surface area contributed by atoms with E-state index in [0.29, 0.717) is 23.5 Å². The molecule has 2 aliphatic heterocycles. The quantitative estimate of drug-likeness (QED) is 0.325. The zero-order valence-electron chi connectivity index (χ0n) is 18.6. The van der Waals surface area contributed by atoms with Crippen LogP contribution in [0.1, 0.15) is 11.1 Å². The zero-order valence-corrected chi connectivity index (χ0v) is 19.4. The Bertz CT molecular complexity index is 1150. The van der Waals surface area contributed by atoms with Gasteiger partial charge in [-0.05, 0) is 0 Å². The van der Waals surface area contributed by atoms with Crippen LogP contribution >= 0.6 is 11.3 Å². The van der Waals surface area contributed by atoms with Gasteiger partial charge in [0, 0.05) is 44.2 Å². The number of hydrogen-bond donors (Lipinski definition) is 4. The summed E-state index contributed by atoms with van der Waals surface area (Å²) >= 11 is 1.68. The second kappa shape index (κ2) is 9.76. The molecule has 0 saturated carbocycles. The highest BCUT2D eigenvalue weighted by Crippen LogP contribution is 2.31. The monoisotopic (exact) mass is 489 g/mol. The van der Waals surface area contributed by atoms with Gasteiger partial charge in [-0.15, -0.1) is 11.3 Å². The van der Waals surface area contributed by atoms with Crippen molar-refractivity contribution in [3.05, 3.63) is 23.7 Å². The maximum Gasteiger partial charge on any atom is 0.250 e. The number of amides is 1. The molecule has 2 saturated heterocycles. The molecule has 1 amide bonds. The molecule has 34 heavy (non-hydrogen) atoms. The third-order valence-corrected chi connectivity index (χ3v) is 7.06. The van der Waals surface area contributed by atoms with Crippen molar-refractivity contribution in [1.29, 1.82) is 0 Å². The maximum atomic E-state index is 12.0. The number of rotatable bonds is 7. The van der Waals surface area contributed by atoms with Crippen LogP contribution in [0.15, 0.2) is 18.9 Å². The van der Waals surface area contributed by atoms with Gasteiger partial charge in [0.15, 0.2) is 34.4 Å². The van der Waals surface area contributed by atoms with Gasteiger partial charge in [-0.1, -0.05) is 0 Å². The maximum absolute atomic E-state index is 12.0. The Hall–Kier alpha value is -2.91. The molecule has 5 rings (SSSR count). The number of aliphatic hydroxyl groups is 1. The normalized spacial score (nSPS) is 25.1. The third kappa shape index (κ3) is 4.30. The number of nitrogens with zero attached hydrogens (tertiary/aromatic N) is 6. The number of thiazole rings is 1. The Balaban J connectivity index is 1.26. The highest BCUT2D eigenvalue weighted by molar-refractivity contribution is 7.15. The summed E-state index contributed by atoms with van der Waals surface area (Å²) in [6, 6.07) is -0.872. The highest BCUT2D eigenvalue weighted by Gasteiger charge is 2.46. The SMILES string of the molecule is CNC(=O)C1OC(n2cnc3c(NCCc4cnc(N5CCOCC5)s4)ncnc32)C(O)C1N. The molecule has 2 aliphatic rings. The van der Waals surface area contributed by atoms with Gasteiger partial charge < -0.3 is 35.8 Å². The van der Waals surface area contributed by atoms with E-state index in [1.54, 1.807) is 15.9 Å². The molecule has 0 bridgehead atoms. The molecule has 5 heterocycles. The lowest BCUT2D eigenvalue weighted by molar-refractivity contribution is -0.134. The summed E-state index contributed by atoms with van der Waals surface area (Å²) in [6.07, 6.45) is 2.66. The van der Waals surface area contributed by atoms with E-state index in [1.807, 2.05) is 6.20 Å². The molecule has 14 heteroatoms. The molecule has 0 aliphatic carbocycles. The minimum atomic E-state index is -1.10. The van der Waals surface area contributed by atoms with E-state index in [0.717, 1.165) is 37.9 Å². The molecule has 0 radical (unpaired) electrons. The average Bonchev–Trinajstić information content (AvgIpc) is 3.58. The van der Waals surface area contributed by atoms with E-state index in [9.17, 15) is 9.90 Å². The van der Waals surface area contributed by atoms with Gasteiger partial charge in [0.05, 0.1) is 25.6 Å². The Labute approximate surface area is 199 Å². The molecular formula is C20H27N9O4S. The number of aromatic nitrogens is 5. The number of ether oxygens (including phenoxy) is 2. The summed E-state index contributed by atoms with van der Waals surface area (Å²) in [7, 11) is 1.49. The van der Waals surface area contributed by atoms with Crippen LogP contribution in [0.3, 0.4) is 0 Å². The molecule has 13 nitrogen and oxygen atoms in total. The average molecular weight is 490 g/mol. The molecule has 182 valence electrons. The van der Waals surface area contributed by atoms with Crippen molar-refractivity contribution in [3.63, 3.8) is 0 Å². The fraction of sp³-hybridized carbons (Fsp3) is 0.550. The Morgan fingerprint density at radius 1 is 1.29 bits per heavy atom. The van der Waals surface area contributed by atoms with Crippen molar-refractivity contribution in [2.75, 3.05) is 50.1 Å². The van der Waals surface area contributed by atoms with Gasteiger partial charge in [0.1, 0.15) is 12.4 Å². The highest BCUT2D eigenvalue weighted by atomic mass is 32.1. The molecule has 3 aromatic heterocycles. The van der Waals surface area contributed by atoms with Crippen molar-refractivity contribution in [3.8, 4) is 0 Å². The summed E-state index contributed by atoms with van der Waals surface area (Å²) in [4.78, 5) is 33.0. The number of fused-ring (bicyclic) bond motifs is 1. The van der Waals surface area contributed by atoms with E-state index in [1.165, 1.54) is 24.6 Å². The number of nitrogens with two attached hydrogens (primary N) is 1. The van der Waals surface area contributed by atoms with Crippen LogP contribution in [-0.4, -0.2) is 93.7 Å². The number of anilines is 2. The minimum Gasteiger partial charge on any atom is -0.387 e. The lowest BCUT2D eigenvalue weighted by Crippen LogP contribution is -2.46. The Kier molecular flexibility index (Phi) is 6.56. The van der Waals surface area contributed by atoms with Gasteiger partial charge in [-0.2, -0.15) is 0 Å². The Morgan fingerprint density at radius 3 is 2.91 bits per heavy atom. The van der Waals surface area contributed by atoms with Crippen LogP contribution in [0.4, 0.5) is 10.9 Å². The molecule has 2 fully saturated rings. The first-order valence-corrected chi connectivity index (χ1v) is 11.9. The number of likely N-dealkylation sites (N-methyl/N-ethyl adjacent to an activating group) is 1. The molecule has 0 aromatic carbocycles. The molecular weight excluding hydrogens is 462 g/mol. The smallest absolute Gasteiger partial charge is 0.250 e. The second-order valence-electron chi connectivity index (χ2n) is 8.06. The zero-order chi connectivity index (χ0) is 23.7. The van der Waals surface area contributed by atoms with Crippen LogP contribution in [0, 0.1) is 0 Å². The molecule has 4 atom stereocenters. The van der Waals surface area contributed by atoms with Crippen molar-refractivity contribution in [2.45, 2.75) is 30.9 Å². The number of carbonyl (C=O) groups excluding carboxylic acids is 1. The largest absolute Gasteiger partial charge is 0.387 e. The predicted octanol–water partition coefficient (Wildman–Crippen LogP) is -0.894. The van der Waals surface area contributed by atoms with E-state index in [4.69, 9.17) is 15.2 Å². The number of morpholine rings is 1. The first kappa shape index (κ1) is 22.9. The topological polar surface area (TPSA) is 166 Å². The minimum absolute atomic E-state index is 0.393. The lowest BCUT2D eigenvalue weighted by atomic mass is 10.1. The van der Waals surface area contributed by atoms with Crippen LogP contribution in [0.25, 0.3) is 11.2 Å². The number of nitrogens with one attached hydrogen (secondary N) is 2. The van der Waals surface area contributed by atoms with E-state index >= 15 is 0 Å². The molecule has 3 aromatic rings. The van der Waals surface area contributed by atoms with Crippen molar-refractivity contribution in [1.82, 2.24) is 29.8 Å². The summed E-state index contributed by atoms with van der Waals surface area (Å²) in [5, 5.41) is 17.4. The summed E-state index contributed by atoms with van der Waals surface area (Å²) in [5.74, 6) is 0.177. The van der Waals surface area contributed by atoms with Crippen LogP contribution in [0.5, 0.6) is 0 Å². The second-order valence-corrected chi connectivity index (χ2v) is 9.15. The predicted molar refractivity (Wildman–Crippen MR) is 125 cm³/mol. The van der Waals surface area contributed by atoms with Gasteiger partial charge in [0.2, 0.25) is 0 Å². The van der Waals surface area contributed by atoms with Gasteiger partial charge in [0.25, 0.3) is 5.91 Å². The number of hydrogen-bond acceptors (Lipinski definition) is 12. The van der Waals surface area contributed by atoms with Gasteiger partial charge in [-0.25, -0.2) is 19.9 Å². The molecule has 4 unspecified atom stereocenters. The van der Waals surface area contributed by atoms with Crippen molar-refractivity contribution >= 4 is 39.4 Å².